The highest BCUT2D eigenvalue weighted by molar-refractivity contribution is 6.48. The largest absolute Gasteiger partial charge is 0.288 e. The molecule has 4 heteroatoms. The fourth-order valence-electron chi connectivity index (χ4n) is 1.05. The second-order valence-corrected chi connectivity index (χ2v) is 3.06. The number of halogens is 1. The van der Waals surface area contributed by atoms with E-state index in [-0.39, 0.29) is 10.9 Å². The van der Waals surface area contributed by atoms with Crippen LogP contribution in [0.4, 0.5) is 0 Å². The summed E-state index contributed by atoms with van der Waals surface area (Å²) >= 11 is 5.61. The number of nitrogens with one attached hydrogen (secondary N) is 1. The molecule has 0 aromatic carbocycles. The molecule has 12 heavy (non-hydrogen) atoms. The fourth-order valence-corrected chi connectivity index (χ4v) is 1.27. The van der Waals surface area contributed by atoms with Crippen LogP contribution >= 0.6 is 11.6 Å². The first-order chi connectivity index (χ1) is 5.66. The van der Waals surface area contributed by atoms with Crippen molar-refractivity contribution >= 4 is 23.4 Å². The molecule has 0 saturated heterocycles. The number of carbonyl (C=O) groups is 2. The molecule has 2 amide bonds. The average Bonchev–Trinajstić information content (AvgIpc) is 2.25. The van der Waals surface area contributed by atoms with Gasteiger partial charge >= 0.3 is 0 Å². The highest BCUT2D eigenvalue weighted by atomic mass is 35.5. The average molecular weight is 188 g/mol. The van der Waals surface area contributed by atoms with Gasteiger partial charge in [-0.15, -0.1) is 0 Å². The summed E-state index contributed by atoms with van der Waals surface area (Å²) in [6.45, 7) is 2.02. The molecule has 0 spiro atoms. The molecular weight excluding hydrogens is 178 g/mol. The second kappa shape index (κ2) is 3.72. The van der Waals surface area contributed by atoms with E-state index in [1.807, 2.05) is 6.92 Å². The van der Waals surface area contributed by atoms with Crippen LogP contribution in [0.1, 0.15) is 26.2 Å². The topological polar surface area (TPSA) is 46.2 Å². The van der Waals surface area contributed by atoms with E-state index in [0.29, 0.717) is 12.0 Å². The van der Waals surface area contributed by atoms with E-state index < -0.39 is 5.91 Å². The normalized spacial score (nSPS) is 17.2. The minimum atomic E-state index is -0.465. The zero-order chi connectivity index (χ0) is 9.14. The summed E-state index contributed by atoms with van der Waals surface area (Å²) in [6.07, 6.45) is 2.45. The van der Waals surface area contributed by atoms with Gasteiger partial charge in [-0.3, -0.25) is 14.9 Å². The number of unbranched alkanes of at least 4 members (excludes halogenated alkanes) is 1. The standard InChI is InChI=1S/C8H10ClNO2/c1-2-3-4-5-6(9)8(12)10-7(5)11/h2-4H2,1H3,(H,10,11,12). The summed E-state index contributed by atoms with van der Waals surface area (Å²) in [7, 11) is 0. The number of imide groups is 1. The highest BCUT2D eigenvalue weighted by Crippen LogP contribution is 2.21. The van der Waals surface area contributed by atoms with Crippen LogP contribution in [0.25, 0.3) is 0 Å². The minimum absolute atomic E-state index is 0.0634. The maximum Gasteiger partial charge on any atom is 0.270 e. The van der Waals surface area contributed by atoms with Crippen LogP contribution in [-0.4, -0.2) is 11.8 Å². The van der Waals surface area contributed by atoms with Crippen LogP contribution in [0.15, 0.2) is 10.6 Å². The van der Waals surface area contributed by atoms with Gasteiger partial charge in [-0.25, -0.2) is 0 Å². The van der Waals surface area contributed by atoms with Gasteiger partial charge in [-0.2, -0.15) is 0 Å². The van der Waals surface area contributed by atoms with Crippen LogP contribution < -0.4 is 5.32 Å². The summed E-state index contributed by atoms with van der Waals surface area (Å²) in [6, 6.07) is 0. The summed E-state index contributed by atoms with van der Waals surface area (Å²) in [5.74, 6) is -0.800. The van der Waals surface area contributed by atoms with Crippen molar-refractivity contribution in [1.29, 1.82) is 0 Å². The summed E-state index contributed by atoms with van der Waals surface area (Å²) < 4.78 is 0. The molecule has 1 rings (SSSR count). The number of amides is 2. The Kier molecular flexibility index (Phi) is 2.87. The molecule has 1 N–H and O–H groups in total. The van der Waals surface area contributed by atoms with Gasteiger partial charge in [0.2, 0.25) is 0 Å². The van der Waals surface area contributed by atoms with E-state index in [1.54, 1.807) is 0 Å². The van der Waals surface area contributed by atoms with E-state index in [0.717, 1.165) is 12.8 Å². The lowest BCUT2D eigenvalue weighted by Crippen LogP contribution is -2.22. The van der Waals surface area contributed by atoms with Gasteiger partial charge in [0.25, 0.3) is 11.8 Å². The monoisotopic (exact) mass is 187 g/mol. The third kappa shape index (κ3) is 1.67. The van der Waals surface area contributed by atoms with Gasteiger partial charge in [0.1, 0.15) is 5.03 Å². The van der Waals surface area contributed by atoms with Gasteiger partial charge < -0.3 is 0 Å². The number of carbonyl (C=O) groups excluding carboxylic acids is 2. The smallest absolute Gasteiger partial charge is 0.270 e. The van der Waals surface area contributed by atoms with Crippen molar-refractivity contribution in [3.63, 3.8) is 0 Å². The fraction of sp³-hybridized carbons (Fsp3) is 0.500. The van der Waals surface area contributed by atoms with Crippen molar-refractivity contribution in [2.75, 3.05) is 0 Å². The number of hydrogen-bond acceptors (Lipinski definition) is 2. The Labute approximate surface area is 75.8 Å². The molecule has 3 nitrogen and oxygen atoms in total. The minimum Gasteiger partial charge on any atom is -0.288 e. The Morgan fingerprint density at radius 1 is 1.33 bits per heavy atom. The van der Waals surface area contributed by atoms with Crippen molar-refractivity contribution < 1.29 is 9.59 Å². The molecule has 0 atom stereocenters. The molecule has 0 fully saturated rings. The lowest BCUT2D eigenvalue weighted by atomic mass is 10.1. The third-order valence-electron chi connectivity index (χ3n) is 1.75. The van der Waals surface area contributed by atoms with Crippen molar-refractivity contribution in [2.45, 2.75) is 26.2 Å². The molecule has 0 aromatic rings. The summed E-state index contributed by atoms with van der Waals surface area (Å²) in [4.78, 5) is 21.9. The second-order valence-electron chi connectivity index (χ2n) is 2.68. The lowest BCUT2D eigenvalue weighted by Gasteiger charge is -1.96. The van der Waals surface area contributed by atoms with Crippen LogP contribution in [0.3, 0.4) is 0 Å². The zero-order valence-electron chi connectivity index (χ0n) is 6.82. The van der Waals surface area contributed by atoms with Gasteiger partial charge in [0.05, 0.1) is 0 Å². The Hall–Kier alpha value is -0.830. The highest BCUT2D eigenvalue weighted by Gasteiger charge is 2.27. The van der Waals surface area contributed by atoms with Crippen LogP contribution in [0, 0.1) is 0 Å². The van der Waals surface area contributed by atoms with Crippen molar-refractivity contribution in [1.82, 2.24) is 5.32 Å². The summed E-state index contributed by atoms with van der Waals surface area (Å²) in [5, 5.41) is 2.21. The van der Waals surface area contributed by atoms with Crippen molar-refractivity contribution in [3.05, 3.63) is 10.6 Å². The maximum absolute atomic E-state index is 11.0. The molecule has 1 aliphatic rings. The molecule has 0 radical (unpaired) electrons. The molecule has 66 valence electrons. The Morgan fingerprint density at radius 2 is 2.00 bits per heavy atom. The first kappa shape index (κ1) is 9.26. The van der Waals surface area contributed by atoms with Crippen molar-refractivity contribution in [2.24, 2.45) is 0 Å². The first-order valence-corrected chi connectivity index (χ1v) is 4.29. The van der Waals surface area contributed by atoms with E-state index in [9.17, 15) is 9.59 Å². The van der Waals surface area contributed by atoms with Gasteiger partial charge in [0.15, 0.2) is 0 Å². The van der Waals surface area contributed by atoms with Gasteiger partial charge in [0, 0.05) is 5.57 Å². The molecule has 0 aliphatic carbocycles. The molecule has 0 aromatic heterocycles. The zero-order valence-corrected chi connectivity index (χ0v) is 7.57. The Bertz CT molecular complexity index is 258. The summed E-state index contributed by atoms with van der Waals surface area (Å²) in [5.41, 5.74) is 0.434. The van der Waals surface area contributed by atoms with Crippen LogP contribution in [0.2, 0.25) is 0 Å². The molecule has 0 unspecified atom stereocenters. The van der Waals surface area contributed by atoms with E-state index in [1.165, 1.54) is 0 Å². The predicted octanol–water partition coefficient (Wildman–Crippen LogP) is 1.33. The van der Waals surface area contributed by atoms with Crippen LogP contribution in [-0.2, 0) is 9.59 Å². The molecule has 1 aliphatic heterocycles. The lowest BCUT2D eigenvalue weighted by molar-refractivity contribution is -0.124. The Balaban J connectivity index is 2.71. The van der Waals surface area contributed by atoms with E-state index >= 15 is 0 Å². The Morgan fingerprint density at radius 3 is 2.42 bits per heavy atom. The maximum atomic E-state index is 11.0. The number of hydrogen-bond donors (Lipinski definition) is 1. The molecule has 0 saturated carbocycles. The first-order valence-electron chi connectivity index (χ1n) is 3.91. The quantitative estimate of drug-likeness (QED) is 0.678. The molecule has 0 bridgehead atoms. The van der Waals surface area contributed by atoms with E-state index in [2.05, 4.69) is 5.32 Å². The van der Waals surface area contributed by atoms with Crippen LogP contribution in [0.5, 0.6) is 0 Å². The van der Waals surface area contributed by atoms with Gasteiger partial charge in [-0.1, -0.05) is 24.9 Å². The molecule has 1 heterocycles. The third-order valence-corrected chi connectivity index (χ3v) is 2.15. The SMILES string of the molecule is CCCCC1=C(Cl)C(=O)NC1=O. The number of rotatable bonds is 3. The van der Waals surface area contributed by atoms with Crippen molar-refractivity contribution in [3.8, 4) is 0 Å². The predicted molar refractivity (Wildman–Crippen MR) is 45.6 cm³/mol. The van der Waals surface area contributed by atoms with Gasteiger partial charge in [-0.05, 0) is 12.8 Å². The molecular formula is C8H10ClNO2. The van der Waals surface area contributed by atoms with E-state index in [4.69, 9.17) is 11.6 Å².